The summed E-state index contributed by atoms with van der Waals surface area (Å²) in [5.41, 5.74) is 0.632. The Bertz CT molecular complexity index is 809. The first-order valence-electron chi connectivity index (χ1n) is 8.99. The zero-order valence-electron chi connectivity index (χ0n) is 14.4. The Morgan fingerprint density at radius 3 is 2.85 bits per heavy atom. The van der Waals surface area contributed by atoms with Crippen molar-refractivity contribution in [3.8, 4) is 0 Å². The SMILES string of the molecule is O=C(NC1CC1)C(Sc1n[nH]c(=O)n1CC1CCCO1)c1ccccc1. The lowest BCUT2D eigenvalue weighted by Crippen LogP contribution is -2.30. The fraction of sp³-hybridized carbons (Fsp3) is 0.500. The maximum atomic E-state index is 12.8. The van der Waals surface area contributed by atoms with Gasteiger partial charge in [-0.25, -0.2) is 9.89 Å². The van der Waals surface area contributed by atoms with Gasteiger partial charge >= 0.3 is 5.69 Å². The number of H-pyrrole nitrogens is 1. The first kappa shape index (κ1) is 17.4. The van der Waals surface area contributed by atoms with E-state index in [0.717, 1.165) is 37.9 Å². The van der Waals surface area contributed by atoms with Gasteiger partial charge in [-0.2, -0.15) is 0 Å². The van der Waals surface area contributed by atoms with E-state index in [-0.39, 0.29) is 23.7 Å². The van der Waals surface area contributed by atoms with E-state index in [1.165, 1.54) is 11.8 Å². The number of amides is 1. The number of nitrogens with zero attached hydrogens (tertiary/aromatic N) is 2. The smallest absolute Gasteiger partial charge is 0.344 e. The lowest BCUT2D eigenvalue weighted by Gasteiger charge is -2.17. The van der Waals surface area contributed by atoms with Crippen LogP contribution in [0.15, 0.2) is 40.3 Å². The summed E-state index contributed by atoms with van der Waals surface area (Å²) in [6, 6.07) is 9.89. The van der Waals surface area contributed by atoms with Gasteiger partial charge in [0.15, 0.2) is 5.16 Å². The largest absolute Gasteiger partial charge is 0.376 e. The number of carbonyl (C=O) groups is 1. The first-order chi connectivity index (χ1) is 12.7. The van der Waals surface area contributed by atoms with E-state index in [9.17, 15) is 9.59 Å². The average molecular weight is 374 g/mol. The molecule has 2 aliphatic rings. The van der Waals surface area contributed by atoms with Gasteiger partial charge in [-0.3, -0.25) is 9.36 Å². The first-order valence-corrected chi connectivity index (χ1v) is 9.87. The standard InChI is InChI=1S/C18H22N4O3S/c23-16(19-13-8-9-13)15(12-5-2-1-3-6-12)26-18-21-20-17(24)22(18)11-14-7-4-10-25-14/h1-3,5-6,13-15H,4,7-11H2,(H,19,23)(H,20,24). The third kappa shape index (κ3) is 4.02. The molecule has 2 heterocycles. The van der Waals surface area contributed by atoms with E-state index in [1.54, 1.807) is 4.57 Å². The second-order valence-corrected chi connectivity index (χ2v) is 7.82. The number of rotatable bonds is 7. The fourth-order valence-corrected chi connectivity index (χ4v) is 4.12. The molecular formula is C18H22N4O3S. The molecule has 2 aromatic rings. The van der Waals surface area contributed by atoms with E-state index in [4.69, 9.17) is 4.74 Å². The van der Waals surface area contributed by atoms with Gasteiger partial charge in [-0.05, 0) is 31.2 Å². The van der Waals surface area contributed by atoms with Crippen molar-refractivity contribution in [2.75, 3.05) is 6.61 Å². The number of thioether (sulfide) groups is 1. The van der Waals surface area contributed by atoms with Crippen molar-refractivity contribution in [3.05, 3.63) is 46.4 Å². The quantitative estimate of drug-likeness (QED) is 0.722. The Morgan fingerprint density at radius 2 is 2.15 bits per heavy atom. The maximum Gasteiger partial charge on any atom is 0.344 e. The van der Waals surface area contributed by atoms with Gasteiger partial charge in [-0.15, -0.1) is 5.10 Å². The summed E-state index contributed by atoms with van der Waals surface area (Å²) in [5, 5.41) is 9.79. The molecule has 26 heavy (non-hydrogen) atoms. The molecule has 0 bridgehead atoms. The van der Waals surface area contributed by atoms with Crippen molar-refractivity contribution in [1.29, 1.82) is 0 Å². The van der Waals surface area contributed by atoms with E-state index >= 15 is 0 Å². The van der Waals surface area contributed by atoms with Crippen LogP contribution in [0.1, 0.15) is 36.5 Å². The van der Waals surface area contributed by atoms with Crippen LogP contribution in [-0.2, 0) is 16.1 Å². The van der Waals surface area contributed by atoms with Crippen LogP contribution in [0.4, 0.5) is 0 Å². The van der Waals surface area contributed by atoms with Crippen LogP contribution >= 0.6 is 11.8 Å². The number of aromatic nitrogens is 3. The average Bonchev–Trinajstić information content (AvgIpc) is 3.19. The van der Waals surface area contributed by atoms with Crippen LogP contribution in [0.2, 0.25) is 0 Å². The van der Waals surface area contributed by atoms with Crippen molar-refractivity contribution < 1.29 is 9.53 Å². The molecule has 2 fully saturated rings. The summed E-state index contributed by atoms with van der Waals surface area (Å²) >= 11 is 1.30. The Kier molecular flexibility index (Phi) is 5.12. The van der Waals surface area contributed by atoms with Crippen LogP contribution in [0.25, 0.3) is 0 Å². The van der Waals surface area contributed by atoms with Gasteiger partial charge in [0.25, 0.3) is 0 Å². The van der Waals surface area contributed by atoms with Gasteiger partial charge < -0.3 is 10.1 Å². The molecule has 1 aliphatic carbocycles. The van der Waals surface area contributed by atoms with Crippen molar-refractivity contribution >= 4 is 17.7 Å². The van der Waals surface area contributed by atoms with Gasteiger partial charge in [-0.1, -0.05) is 42.1 Å². The minimum Gasteiger partial charge on any atom is -0.376 e. The van der Waals surface area contributed by atoms with Gasteiger partial charge in [0.2, 0.25) is 5.91 Å². The number of nitrogens with one attached hydrogen (secondary N) is 2. The zero-order valence-corrected chi connectivity index (χ0v) is 15.2. The molecule has 1 saturated carbocycles. The second kappa shape index (κ2) is 7.67. The van der Waals surface area contributed by atoms with E-state index in [1.807, 2.05) is 30.3 Å². The lowest BCUT2D eigenvalue weighted by atomic mass is 10.1. The predicted molar refractivity (Wildman–Crippen MR) is 98.0 cm³/mol. The number of benzene rings is 1. The van der Waals surface area contributed by atoms with Crippen LogP contribution in [0.3, 0.4) is 0 Å². The molecule has 2 atom stereocenters. The molecule has 2 unspecified atom stereocenters. The molecule has 2 N–H and O–H groups in total. The number of hydrogen-bond donors (Lipinski definition) is 2. The molecule has 1 amide bonds. The highest BCUT2D eigenvalue weighted by atomic mass is 32.2. The minimum absolute atomic E-state index is 0.0279. The number of hydrogen-bond acceptors (Lipinski definition) is 5. The predicted octanol–water partition coefficient (Wildman–Crippen LogP) is 1.86. The third-order valence-electron chi connectivity index (χ3n) is 4.62. The van der Waals surface area contributed by atoms with E-state index < -0.39 is 5.25 Å². The minimum atomic E-state index is -0.449. The second-order valence-electron chi connectivity index (χ2n) is 6.75. The van der Waals surface area contributed by atoms with E-state index in [0.29, 0.717) is 11.7 Å². The van der Waals surface area contributed by atoms with Crippen LogP contribution in [0, 0.1) is 0 Å². The Labute approximate surface area is 155 Å². The van der Waals surface area contributed by atoms with Crippen molar-refractivity contribution in [2.24, 2.45) is 0 Å². The number of ether oxygens (including phenoxy) is 1. The van der Waals surface area contributed by atoms with Crippen LogP contribution < -0.4 is 11.0 Å². The Balaban J connectivity index is 1.57. The molecule has 4 rings (SSSR count). The molecule has 1 aromatic heterocycles. The zero-order chi connectivity index (χ0) is 17.9. The molecule has 1 aromatic carbocycles. The van der Waals surface area contributed by atoms with Crippen LogP contribution in [-0.4, -0.2) is 39.4 Å². The number of aromatic amines is 1. The van der Waals surface area contributed by atoms with Gasteiger partial charge in [0, 0.05) is 12.6 Å². The summed E-state index contributed by atoms with van der Waals surface area (Å²) in [5.74, 6) is -0.0391. The normalized spacial score (nSPS) is 20.8. The Morgan fingerprint density at radius 1 is 1.35 bits per heavy atom. The van der Waals surface area contributed by atoms with E-state index in [2.05, 4.69) is 15.5 Å². The molecule has 1 aliphatic heterocycles. The van der Waals surface area contributed by atoms with Crippen LogP contribution in [0.5, 0.6) is 0 Å². The Hall–Kier alpha value is -2.06. The molecule has 138 valence electrons. The summed E-state index contributed by atoms with van der Waals surface area (Å²) in [7, 11) is 0. The number of carbonyl (C=O) groups excluding carboxylic acids is 1. The summed E-state index contributed by atoms with van der Waals surface area (Å²) < 4.78 is 7.23. The monoisotopic (exact) mass is 374 g/mol. The van der Waals surface area contributed by atoms with Crippen molar-refractivity contribution in [2.45, 2.75) is 54.8 Å². The summed E-state index contributed by atoms with van der Waals surface area (Å²) in [4.78, 5) is 25.0. The highest BCUT2D eigenvalue weighted by Crippen LogP contribution is 2.35. The third-order valence-corrected chi connectivity index (χ3v) is 5.87. The van der Waals surface area contributed by atoms with Gasteiger partial charge in [0.1, 0.15) is 5.25 Å². The molecule has 7 nitrogen and oxygen atoms in total. The molecule has 1 saturated heterocycles. The topological polar surface area (TPSA) is 89.0 Å². The molecule has 0 spiro atoms. The highest BCUT2D eigenvalue weighted by molar-refractivity contribution is 8.00. The lowest BCUT2D eigenvalue weighted by molar-refractivity contribution is -0.120. The summed E-state index contributed by atoms with van der Waals surface area (Å²) in [6.45, 7) is 1.19. The summed E-state index contributed by atoms with van der Waals surface area (Å²) in [6.07, 6.45) is 4.04. The maximum absolute atomic E-state index is 12.8. The van der Waals surface area contributed by atoms with Crippen molar-refractivity contribution in [1.82, 2.24) is 20.1 Å². The molecule has 8 heteroatoms. The fourth-order valence-electron chi connectivity index (χ4n) is 3.06. The van der Waals surface area contributed by atoms with Crippen molar-refractivity contribution in [3.63, 3.8) is 0 Å². The van der Waals surface area contributed by atoms with Gasteiger partial charge in [0.05, 0.1) is 12.6 Å². The highest BCUT2D eigenvalue weighted by Gasteiger charge is 2.31. The molecule has 0 radical (unpaired) electrons. The molecular weight excluding hydrogens is 352 g/mol.